The molecule has 100 valence electrons. The SMILES string of the molecule is C=C(c1csc2ccccc12)n1nnc(C(C)=O)c1C. The molecule has 4 nitrogen and oxygen atoms in total. The molecule has 0 aliphatic carbocycles. The zero-order chi connectivity index (χ0) is 14.3. The second kappa shape index (κ2) is 4.68. The molecule has 5 heteroatoms. The maximum Gasteiger partial charge on any atom is 0.181 e. The van der Waals surface area contributed by atoms with Crippen LogP contribution in [0.4, 0.5) is 0 Å². The normalized spacial score (nSPS) is 10.9. The van der Waals surface area contributed by atoms with Crippen LogP contribution in [0.3, 0.4) is 0 Å². The Morgan fingerprint density at radius 1 is 1.35 bits per heavy atom. The first kappa shape index (κ1) is 12.7. The fraction of sp³-hybridized carbons (Fsp3) is 0.133. The zero-order valence-electron chi connectivity index (χ0n) is 11.3. The summed E-state index contributed by atoms with van der Waals surface area (Å²) in [5.41, 5.74) is 2.87. The van der Waals surface area contributed by atoms with Crippen LogP contribution < -0.4 is 0 Å². The van der Waals surface area contributed by atoms with E-state index in [1.54, 1.807) is 16.0 Å². The summed E-state index contributed by atoms with van der Waals surface area (Å²) in [5.74, 6) is -0.0864. The Morgan fingerprint density at radius 2 is 2.10 bits per heavy atom. The van der Waals surface area contributed by atoms with Crippen molar-refractivity contribution in [1.29, 1.82) is 0 Å². The predicted octanol–water partition coefficient (Wildman–Crippen LogP) is 3.52. The Morgan fingerprint density at radius 3 is 2.80 bits per heavy atom. The fourth-order valence-electron chi connectivity index (χ4n) is 2.23. The molecule has 0 bridgehead atoms. The average Bonchev–Trinajstić information content (AvgIpc) is 3.01. The van der Waals surface area contributed by atoms with Crippen molar-refractivity contribution >= 4 is 32.9 Å². The Hall–Kier alpha value is -2.27. The van der Waals surface area contributed by atoms with Crippen molar-refractivity contribution in [2.45, 2.75) is 13.8 Å². The number of ketones is 1. The van der Waals surface area contributed by atoms with Crippen molar-refractivity contribution < 1.29 is 4.79 Å². The number of thiophene rings is 1. The van der Waals surface area contributed by atoms with E-state index in [1.807, 2.05) is 19.1 Å². The number of carbonyl (C=O) groups is 1. The van der Waals surface area contributed by atoms with E-state index in [2.05, 4.69) is 34.4 Å². The van der Waals surface area contributed by atoms with Gasteiger partial charge in [0.05, 0.1) is 11.4 Å². The Balaban J connectivity index is 2.11. The molecule has 0 radical (unpaired) electrons. The summed E-state index contributed by atoms with van der Waals surface area (Å²) in [6.45, 7) is 7.43. The first-order valence-corrected chi connectivity index (χ1v) is 7.06. The number of benzene rings is 1. The highest BCUT2D eigenvalue weighted by molar-refractivity contribution is 7.17. The third-order valence-corrected chi connectivity index (χ3v) is 4.24. The molecule has 0 atom stereocenters. The molecule has 0 saturated heterocycles. The summed E-state index contributed by atoms with van der Waals surface area (Å²) in [7, 11) is 0. The Bertz CT molecular complexity index is 829. The third kappa shape index (κ3) is 1.87. The van der Waals surface area contributed by atoms with Crippen molar-refractivity contribution in [3.05, 3.63) is 53.2 Å². The smallest absolute Gasteiger partial charge is 0.181 e. The summed E-state index contributed by atoms with van der Waals surface area (Å²) in [6.07, 6.45) is 0. The van der Waals surface area contributed by atoms with E-state index in [4.69, 9.17) is 0 Å². The second-order valence-corrected chi connectivity index (χ2v) is 5.49. The van der Waals surface area contributed by atoms with Crippen molar-refractivity contribution in [2.24, 2.45) is 0 Å². The van der Waals surface area contributed by atoms with Crippen molar-refractivity contribution in [1.82, 2.24) is 15.0 Å². The quantitative estimate of drug-likeness (QED) is 0.691. The number of nitrogens with zero attached hydrogens (tertiary/aromatic N) is 3. The van der Waals surface area contributed by atoms with Crippen molar-refractivity contribution in [3.63, 3.8) is 0 Å². The highest BCUT2D eigenvalue weighted by Crippen LogP contribution is 2.31. The number of carbonyl (C=O) groups excluding carboxylic acids is 1. The third-order valence-electron chi connectivity index (χ3n) is 3.28. The van der Waals surface area contributed by atoms with Crippen LogP contribution in [0.15, 0.2) is 36.2 Å². The van der Waals surface area contributed by atoms with Gasteiger partial charge < -0.3 is 0 Å². The average molecular weight is 283 g/mol. The van der Waals surface area contributed by atoms with E-state index in [0.29, 0.717) is 5.69 Å². The lowest BCUT2D eigenvalue weighted by Crippen LogP contribution is -2.03. The molecule has 2 heterocycles. The molecule has 3 aromatic rings. The number of hydrogen-bond acceptors (Lipinski definition) is 4. The number of Topliss-reactive ketones (excluding diaryl/α,β-unsaturated/α-hetero) is 1. The lowest BCUT2D eigenvalue weighted by Gasteiger charge is -2.06. The fourth-order valence-corrected chi connectivity index (χ4v) is 3.20. The molecular formula is C15H13N3OS. The molecule has 2 aromatic heterocycles. The monoisotopic (exact) mass is 283 g/mol. The van der Waals surface area contributed by atoms with Crippen LogP contribution in [0.25, 0.3) is 15.8 Å². The molecule has 0 aliphatic heterocycles. The van der Waals surface area contributed by atoms with Crippen LogP contribution in [0.5, 0.6) is 0 Å². The van der Waals surface area contributed by atoms with Gasteiger partial charge in [0, 0.05) is 28.0 Å². The minimum atomic E-state index is -0.0864. The van der Waals surface area contributed by atoms with E-state index in [1.165, 1.54) is 11.6 Å². The molecule has 0 unspecified atom stereocenters. The zero-order valence-corrected chi connectivity index (χ0v) is 12.1. The Kier molecular flexibility index (Phi) is 2.99. The molecule has 3 rings (SSSR count). The van der Waals surface area contributed by atoms with Crippen LogP contribution in [-0.2, 0) is 0 Å². The van der Waals surface area contributed by atoms with E-state index >= 15 is 0 Å². The molecule has 0 N–H and O–H groups in total. The van der Waals surface area contributed by atoms with Crippen LogP contribution in [0.2, 0.25) is 0 Å². The van der Waals surface area contributed by atoms with Crippen LogP contribution in [0.1, 0.15) is 28.7 Å². The van der Waals surface area contributed by atoms with E-state index in [-0.39, 0.29) is 5.78 Å². The lowest BCUT2D eigenvalue weighted by molar-refractivity contribution is 0.101. The summed E-state index contributed by atoms with van der Waals surface area (Å²) in [4.78, 5) is 11.5. The number of hydrogen-bond donors (Lipinski definition) is 0. The highest BCUT2D eigenvalue weighted by atomic mass is 32.1. The summed E-state index contributed by atoms with van der Waals surface area (Å²) in [6, 6.07) is 8.15. The first-order chi connectivity index (χ1) is 9.59. The maximum absolute atomic E-state index is 11.5. The van der Waals surface area contributed by atoms with Gasteiger partial charge in [-0.15, -0.1) is 16.4 Å². The van der Waals surface area contributed by atoms with Gasteiger partial charge in [-0.25, -0.2) is 4.68 Å². The van der Waals surface area contributed by atoms with Gasteiger partial charge in [0.15, 0.2) is 11.5 Å². The molecule has 1 aromatic carbocycles. The summed E-state index contributed by atoms with van der Waals surface area (Å²) in [5, 5.41) is 11.2. The first-order valence-electron chi connectivity index (χ1n) is 6.18. The number of aromatic nitrogens is 3. The number of rotatable bonds is 3. The topological polar surface area (TPSA) is 47.8 Å². The van der Waals surface area contributed by atoms with Gasteiger partial charge in [-0.1, -0.05) is 30.0 Å². The minimum absolute atomic E-state index is 0.0864. The van der Waals surface area contributed by atoms with Gasteiger partial charge in [0.25, 0.3) is 0 Å². The predicted molar refractivity (Wildman–Crippen MR) is 81.0 cm³/mol. The highest BCUT2D eigenvalue weighted by Gasteiger charge is 2.16. The molecule has 0 spiro atoms. The molecular weight excluding hydrogens is 270 g/mol. The molecule has 0 saturated carbocycles. The van der Waals surface area contributed by atoms with Gasteiger partial charge in [-0.05, 0) is 13.0 Å². The van der Waals surface area contributed by atoms with Crippen LogP contribution >= 0.6 is 11.3 Å². The van der Waals surface area contributed by atoms with Gasteiger partial charge in [0.1, 0.15) is 0 Å². The minimum Gasteiger partial charge on any atom is -0.293 e. The van der Waals surface area contributed by atoms with E-state index in [0.717, 1.165) is 22.3 Å². The summed E-state index contributed by atoms with van der Waals surface area (Å²) < 4.78 is 2.83. The van der Waals surface area contributed by atoms with E-state index in [9.17, 15) is 4.79 Å². The van der Waals surface area contributed by atoms with Gasteiger partial charge in [-0.2, -0.15) is 0 Å². The van der Waals surface area contributed by atoms with Gasteiger partial charge in [-0.3, -0.25) is 4.79 Å². The van der Waals surface area contributed by atoms with Crippen molar-refractivity contribution in [3.8, 4) is 0 Å². The molecule has 0 fully saturated rings. The van der Waals surface area contributed by atoms with Gasteiger partial charge in [0.2, 0.25) is 0 Å². The maximum atomic E-state index is 11.5. The second-order valence-electron chi connectivity index (χ2n) is 4.58. The lowest BCUT2D eigenvalue weighted by atomic mass is 10.1. The molecule has 0 amide bonds. The van der Waals surface area contributed by atoms with Crippen molar-refractivity contribution in [2.75, 3.05) is 0 Å². The molecule has 0 aliphatic rings. The largest absolute Gasteiger partial charge is 0.293 e. The summed E-state index contributed by atoms with van der Waals surface area (Å²) >= 11 is 1.67. The standard InChI is InChI=1S/C15H13N3OS/c1-9(18-10(2)15(11(3)19)16-17-18)13-8-20-14-7-5-4-6-12(13)14/h4-8H,1H2,2-3H3. The number of fused-ring (bicyclic) bond motifs is 1. The van der Waals surface area contributed by atoms with Crippen LogP contribution in [0, 0.1) is 6.92 Å². The molecule has 20 heavy (non-hydrogen) atoms. The van der Waals surface area contributed by atoms with Crippen LogP contribution in [-0.4, -0.2) is 20.8 Å². The van der Waals surface area contributed by atoms with Gasteiger partial charge >= 0.3 is 0 Å². The van der Waals surface area contributed by atoms with E-state index < -0.39 is 0 Å². The Labute approximate surface area is 120 Å².